The first-order chi connectivity index (χ1) is 8.36. The zero-order chi connectivity index (χ0) is 11.9. The van der Waals surface area contributed by atoms with E-state index in [1.807, 2.05) is 18.3 Å². The van der Waals surface area contributed by atoms with Crippen LogP contribution in [0.25, 0.3) is 0 Å². The SMILES string of the molecule is Cc1ccccc1CON=CC1=CCCCC1. The molecule has 0 saturated heterocycles. The number of hydrogen-bond donors (Lipinski definition) is 0. The highest BCUT2D eigenvalue weighted by atomic mass is 16.6. The van der Waals surface area contributed by atoms with E-state index in [2.05, 4.69) is 30.3 Å². The van der Waals surface area contributed by atoms with Gasteiger partial charge in [0.15, 0.2) is 0 Å². The van der Waals surface area contributed by atoms with Crippen molar-refractivity contribution >= 4 is 6.21 Å². The van der Waals surface area contributed by atoms with Gasteiger partial charge in [0.2, 0.25) is 0 Å². The van der Waals surface area contributed by atoms with Crippen molar-refractivity contribution in [1.29, 1.82) is 0 Å². The van der Waals surface area contributed by atoms with E-state index < -0.39 is 0 Å². The van der Waals surface area contributed by atoms with Crippen LogP contribution in [0.3, 0.4) is 0 Å². The maximum Gasteiger partial charge on any atom is 0.142 e. The number of oxime groups is 1. The Kier molecular flexibility index (Phi) is 4.37. The van der Waals surface area contributed by atoms with Crippen LogP contribution in [0.5, 0.6) is 0 Å². The van der Waals surface area contributed by atoms with Gasteiger partial charge in [-0.25, -0.2) is 0 Å². The molecule has 1 aromatic carbocycles. The lowest BCUT2D eigenvalue weighted by Crippen LogP contribution is -1.94. The minimum absolute atomic E-state index is 0.552. The smallest absolute Gasteiger partial charge is 0.142 e. The van der Waals surface area contributed by atoms with Gasteiger partial charge < -0.3 is 4.84 Å². The summed E-state index contributed by atoms with van der Waals surface area (Å²) in [7, 11) is 0. The van der Waals surface area contributed by atoms with Gasteiger partial charge in [0.25, 0.3) is 0 Å². The number of allylic oxidation sites excluding steroid dienone is 2. The van der Waals surface area contributed by atoms with Gasteiger partial charge in [-0.05, 0) is 49.3 Å². The number of aryl methyl sites for hydroxylation is 1. The highest BCUT2D eigenvalue weighted by molar-refractivity contribution is 5.78. The quantitative estimate of drug-likeness (QED) is 0.565. The predicted octanol–water partition coefficient (Wildman–Crippen LogP) is 4.00. The van der Waals surface area contributed by atoms with Gasteiger partial charge in [-0.1, -0.05) is 35.5 Å². The maximum absolute atomic E-state index is 5.33. The lowest BCUT2D eigenvalue weighted by atomic mass is 10.0. The van der Waals surface area contributed by atoms with E-state index in [0.717, 1.165) is 6.42 Å². The Morgan fingerprint density at radius 1 is 1.29 bits per heavy atom. The molecular weight excluding hydrogens is 210 g/mol. The normalized spacial score (nSPS) is 15.9. The van der Waals surface area contributed by atoms with Gasteiger partial charge in [0.1, 0.15) is 6.61 Å². The largest absolute Gasteiger partial charge is 0.391 e. The molecule has 0 heterocycles. The molecule has 90 valence electrons. The van der Waals surface area contributed by atoms with Gasteiger partial charge in [-0.3, -0.25) is 0 Å². The molecule has 1 aliphatic carbocycles. The number of hydrogen-bond acceptors (Lipinski definition) is 2. The summed E-state index contributed by atoms with van der Waals surface area (Å²) in [4.78, 5) is 5.33. The van der Waals surface area contributed by atoms with Gasteiger partial charge in [-0.15, -0.1) is 0 Å². The Labute approximate surface area is 103 Å². The molecule has 0 amide bonds. The van der Waals surface area contributed by atoms with E-state index in [9.17, 15) is 0 Å². The zero-order valence-corrected chi connectivity index (χ0v) is 10.4. The van der Waals surface area contributed by atoms with Gasteiger partial charge in [0, 0.05) is 0 Å². The molecule has 1 aliphatic rings. The highest BCUT2D eigenvalue weighted by Gasteiger charge is 2.00. The summed E-state index contributed by atoms with van der Waals surface area (Å²) in [5, 5.41) is 4.04. The molecule has 0 N–H and O–H groups in total. The van der Waals surface area contributed by atoms with Gasteiger partial charge in [0.05, 0.1) is 6.21 Å². The van der Waals surface area contributed by atoms with Crippen molar-refractivity contribution in [3.63, 3.8) is 0 Å². The first-order valence-corrected chi connectivity index (χ1v) is 6.25. The average molecular weight is 229 g/mol. The summed E-state index contributed by atoms with van der Waals surface area (Å²) in [6, 6.07) is 8.23. The first-order valence-electron chi connectivity index (χ1n) is 6.25. The topological polar surface area (TPSA) is 21.6 Å². The van der Waals surface area contributed by atoms with E-state index >= 15 is 0 Å². The lowest BCUT2D eigenvalue weighted by molar-refractivity contribution is 0.131. The molecule has 2 nitrogen and oxygen atoms in total. The molecule has 2 rings (SSSR count). The Morgan fingerprint density at radius 3 is 2.94 bits per heavy atom. The summed E-state index contributed by atoms with van der Waals surface area (Å²) in [6.45, 7) is 2.64. The lowest BCUT2D eigenvalue weighted by Gasteiger charge is -2.07. The fourth-order valence-corrected chi connectivity index (χ4v) is 1.96. The van der Waals surface area contributed by atoms with Crippen molar-refractivity contribution in [1.82, 2.24) is 0 Å². The van der Waals surface area contributed by atoms with Crippen LogP contribution < -0.4 is 0 Å². The Bertz CT molecular complexity index is 421. The van der Waals surface area contributed by atoms with Gasteiger partial charge in [-0.2, -0.15) is 0 Å². The van der Waals surface area contributed by atoms with E-state index in [0.29, 0.717) is 6.61 Å². The van der Waals surface area contributed by atoms with Gasteiger partial charge >= 0.3 is 0 Å². The number of benzene rings is 1. The molecule has 0 radical (unpaired) electrons. The summed E-state index contributed by atoms with van der Waals surface area (Å²) in [5.41, 5.74) is 3.75. The third-order valence-electron chi connectivity index (χ3n) is 3.10. The summed E-state index contributed by atoms with van der Waals surface area (Å²) >= 11 is 0. The average Bonchev–Trinajstić information content (AvgIpc) is 2.38. The second-order valence-corrected chi connectivity index (χ2v) is 4.46. The van der Waals surface area contributed by atoms with Crippen LogP contribution in [-0.2, 0) is 11.4 Å². The summed E-state index contributed by atoms with van der Waals surface area (Å²) < 4.78 is 0. The summed E-state index contributed by atoms with van der Waals surface area (Å²) in [6.07, 6.45) is 9.01. The standard InChI is InChI=1S/C15H19NO/c1-13-7-5-6-10-15(13)12-17-16-11-14-8-3-2-4-9-14/h5-8,10-11H,2-4,9,12H2,1H3. The first kappa shape index (κ1) is 11.9. The minimum Gasteiger partial charge on any atom is -0.391 e. The summed E-state index contributed by atoms with van der Waals surface area (Å²) in [5.74, 6) is 0. The molecule has 0 aromatic heterocycles. The van der Waals surface area contributed by atoms with Crippen LogP contribution in [0, 0.1) is 6.92 Å². The molecule has 1 aromatic rings. The Morgan fingerprint density at radius 2 is 2.18 bits per heavy atom. The van der Waals surface area contributed by atoms with Crippen LogP contribution in [0.4, 0.5) is 0 Å². The predicted molar refractivity (Wildman–Crippen MR) is 71.0 cm³/mol. The van der Waals surface area contributed by atoms with Crippen LogP contribution >= 0.6 is 0 Å². The molecule has 0 saturated carbocycles. The molecule has 0 bridgehead atoms. The van der Waals surface area contributed by atoms with E-state index in [1.165, 1.54) is 36.0 Å². The van der Waals surface area contributed by atoms with E-state index in [1.54, 1.807) is 0 Å². The van der Waals surface area contributed by atoms with Crippen LogP contribution in [0.15, 0.2) is 41.1 Å². The van der Waals surface area contributed by atoms with Crippen molar-refractivity contribution in [2.75, 3.05) is 0 Å². The van der Waals surface area contributed by atoms with Crippen molar-refractivity contribution in [3.05, 3.63) is 47.0 Å². The van der Waals surface area contributed by atoms with E-state index in [4.69, 9.17) is 4.84 Å². The van der Waals surface area contributed by atoms with Crippen molar-refractivity contribution < 1.29 is 4.84 Å². The number of nitrogens with zero attached hydrogens (tertiary/aromatic N) is 1. The fourth-order valence-electron chi connectivity index (χ4n) is 1.96. The van der Waals surface area contributed by atoms with Crippen LogP contribution in [0.1, 0.15) is 36.8 Å². The molecule has 17 heavy (non-hydrogen) atoms. The molecular formula is C15H19NO. The highest BCUT2D eigenvalue weighted by Crippen LogP contribution is 2.15. The minimum atomic E-state index is 0.552. The van der Waals surface area contributed by atoms with Crippen LogP contribution in [0.2, 0.25) is 0 Å². The zero-order valence-electron chi connectivity index (χ0n) is 10.4. The second kappa shape index (κ2) is 6.24. The molecule has 0 atom stereocenters. The van der Waals surface area contributed by atoms with Crippen molar-refractivity contribution in [2.45, 2.75) is 39.2 Å². The third kappa shape index (κ3) is 3.74. The van der Waals surface area contributed by atoms with Crippen molar-refractivity contribution in [3.8, 4) is 0 Å². The molecule has 0 unspecified atom stereocenters. The third-order valence-corrected chi connectivity index (χ3v) is 3.10. The van der Waals surface area contributed by atoms with E-state index in [-0.39, 0.29) is 0 Å². The molecule has 0 fully saturated rings. The molecule has 0 spiro atoms. The Balaban J connectivity index is 1.81. The molecule has 2 heteroatoms. The Hall–Kier alpha value is -1.57. The van der Waals surface area contributed by atoms with Crippen LogP contribution in [-0.4, -0.2) is 6.21 Å². The number of rotatable bonds is 4. The molecule has 0 aliphatic heterocycles. The second-order valence-electron chi connectivity index (χ2n) is 4.46. The fraction of sp³-hybridized carbons (Fsp3) is 0.400. The monoisotopic (exact) mass is 229 g/mol. The van der Waals surface area contributed by atoms with Crippen molar-refractivity contribution in [2.24, 2.45) is 5.16 Å². The maximum atomic E-state index is 5.33.